The van der Waals surface area contributed by atoms with Gasteiger partial charge in [0.05, 0.1) is 53.7 Å². The minimum absolute atomic E-state index is 0.00673. The van der Waals surface area contributed by atoms with Crippen LogP contribution in [0.25, 0.3) is 55.4 Å². The number of nitrogens with one attached hydrogen (secondary N) is 5. The zero-order valence-corrected chi connectivity index (χ0v) is 43.1. The van der Waals surface area contributed by atoms with Gasteiger partial charge in [-0.2, -0.15) is 0 Å². The minimum atomic E-state index is -1.83. The fraction of sp³-hybridized carbons (Fsp3) is 0.519. The number of hydrogen-bond donors (Lipinski definition) is 15. The molecule has 0 aromatic carbocycles. The number of aromatic nitrogens is 5. The van der Waals surface area contributed by atoms with Gasteiger partial charge in [-0.1, -0.05) is 27.7 Å². The molecule has 4 aromatic rings. The zero-order valence-electron chi connectivity index (χ0n) is 43.1. The third-order valence-corrected chi connectivity index (χ3v) is 14.5. The van der Waals surface area contributed by atoms with Crippen LogP contribution >= 0.6 is 0 Å². The van der Waals surface area contributed by atoms with E-state index in [1.807, 2.05) is 26.0 Å². The Morgan fingerprint density at radius 2 is 0.959 bits per heavy atom. The zero-order chi connectivity index (χ0) is 53.6. The van der Waals surface area contributed by atoms with E-state index in [1.54, 1.807) is 0 Å². The number of aliphatic hydroxyl groups is 10. The van der Waals surface area contributed by atoms with Crippen LogP contribution in [0.3, 0.4) is 0 Å². The molecule has 0 saturated heterocycles. The molecule has 8 unspecified atom stereocenters. The Hall–Kier alpha value is -5.58. The maximum Gasteiger partial charge on any atom is 0.220 e. The molecule has 6 heterocycles. The van der Waals surface area contributed by atoms with E-state index in [2.05, 4.69) is 79.3 Å². The molecular weight excluding hydrogens is 939 g/mol. The Labute approximate surface area is 424 Å². The highest BCUT2D eigenvalue weighted by atomic mass is 16.4. The summed E-state index contributed by atoms with van der Waals surface area (Å²) in [6, 6.07) is 8.16. The predicted molar refractivity (Wildman–Crippen MR) is 280 cm³/mol. The summed E-state index contributed by atoms with van der Waals surface area (Å²) < 4.78 is 0. The van der Waals surface area contributed by atoms with Crippen molar-refractivity contribution < 1.29 is 60.7 Å². The smallest absolute Gasteiger partial charge is 0.220 e. The van der Waals surface area contributed by atoms with Crippen LogP contribution in [0.2, 0.25) is 0 Å². The molecule has 6 rings (SSSR count). The van der Waals surface area contributed by atoms with Crippen LogP contribution in [0.15, 0.2) is 24.3 Å². The van der Waals surface area contributed by atoms with Crippen molar-refractivity contribution in [2.45, 2.75) is 156 Å². The van der Waals surface area contributed by atoms with Crippen molar-refractivity contribution >= 4 is 67.2 Å². The molecule has 398 valence electrons. The van der Waals surface area contributed by atoms with Gasteiger partial charge in [0.15, 0.2) is 0 Å². The molecule has 4 aromatic heterocycles. The maximum absolute atomic E-state index is 13.4. The maximum atomic E-state index is 13.4. The quantitative estimate of drug-likeness (QED) is 0.0539. The molecule has 2 aliphatic rings. The van der Waals surface area contributed by atoms with Crippen LogP contribution in [-0.2, 0) is 35.3 Å². The number of rotatable bonds is 22. The number of carbonyl (C=O) groups is 2. The Morgan fingerprint density at radius 3 is 1.49 bits per heavy atom. The molecule has 8 atom stereocenters. The first-order valence-corrected chi connectivity index (χ1v) is 25.3. The van der Waals surface area contributed by atoms with Gasteiger partial charge in [-0.15, -0.1) is 0 Å². The van der Waals surface area contributed by atoms with E-state index in [9.17, 15) is 50.4 Å². The molecule has 0 saturated carbocycles. The lowest BCUT2D eigenvalue weighted by Crippen LogP contribution is -2.49. The number of amides is 2. The van der Waals surface area contributed by atoms with Crippen molar-refractivity contribution in [2.75, 3.05) is 26.3 Å². The van der Waals surface area contributed by atoms with Gasteiger partial charge in [-0.3, -0.25) is 9.59 Å². The molecule has 19 heteroatoms. The van der Waals surface area contributed by atoms with Crippen LogP contribution in [0.4, 0.5) is 0 Å². The number of carbonyl (C=O) groups excluding carboxylic acids is 2. The van der Waals surface area contributed by atoms with Crippen molar-refractivity contribution in [3.05, 3.63) is 80.4 Å². The highest BCUT2D eigenvalue weighted by molar-refractivity contribution is 5.99. The van der Waals surface area contributed by atoms with Crippen molar-refractivity contribution in [3.8, 4) is 0 Å². The van der Waals surface area contributed by atoms with Gasteiger partial charge < -0.3 is 76.7 Å². The lowest BCUT2D eigenvalue weighted by Gasteiger charge is -2.25. The summed E-state index contributed by atoms with van der Waals surface area (Å²) in [5, 5.41) is 105. The van der Waals surface area contributed by atoms with E-state index in [4.69, 9.17) is 20.2 Å². The summed E-state index contributed by atoms with van der Waals surface area (Å²) in [7, 11) is 0. The molecule has 2 aliphatic heterocycles. The second-order valence-corrected chi connectivity index (χ2v) is 19.1. The van der Waals surface area contributed by atoms with Crippen LogP contribution in [0.5, 0.6) is 0 Å². The minimum Gasteiger partial charge on any atom is -0.394 e. The monoisotopic (exact) mass is 1010 g/mol. The fourth-order valence-corrected chi connectivity index (χ4v) is 10.0. The van der Waals surface area contributed by atoms with Gasteiger partial charge in [0.1, 0.15) is 36.6 Å². The molecule has 0 fully saturated rings. The molecule has 73 heavy (non-hydrogen) atoms. The van der Waals surface area contributed by atoms with E-state index in [1.165, 1.54) is 0 Å². The van der Waals surface area contributed by atoms with E-state index in [-0.39, 0.29) is 25.7 Å². The third-order valence-electron chi connectivity index (χ3n) is 14.5. The van der Waals surface area contributed by atoms with Gasteiger partial charge in [0, 0.05) is 53.5 Å². The molecule has 19 nitrogen and oxygen atoms in total. The predicted octanol–water partition coefficient (Wildman–Crippen LogP) is 2.75. The van der Waals surface area contributed by atoms with Crippen molar-refractivity contribution in [1.29, 1.82) is 0 Å². The van der Waals surface area contributed by atoms with E-state index >= 15 is 0 Å². The number of H-pyrrole nitrogens is 3. The molecule has 0 spiro atoms. The number of allylic oxidation sites excluding steroid dienone is 4. The lowest BCUT2D eigenvalue weighted by molar-refractivity contribution is -0.126. The molecule has 0 aliphatic carbocycles. The SMILES string of the molecule is CCC1=C(C)c2nc1cc1nc(cc3[nH]c(cc4[nH]c(cc5[nH]c2c(C)c5CC)c(C)c4CCC(=O)NCC(O)C(O)C(O)C(O)CO)c(CC)c3CC)C(CCC(=O)NCC(O)C(O)C(O)C(O)CO)=C1C. The summed E-state index contributed by atoms with van der Waals surface area (Å²) >= 11 is 0. The Balaban J connectivity index is 1.51. The van der Waals surface area contributed by atoms with E-state index < -0.39 is 86.9 Å². The number of aromatic amines is 3. The first-order valence-electron chi connectivity index (χ1n) is 25.3. The lowest BCUT2D eigenvalue weighted by atomic mass is 9.99. The second kappa shape index (κ2) is 24.6. The standard InChI is InChI=1S/C54H75N7O12/c1-9-29-27(7)49-50-28(8)30(10-2)38(61-50)18-36-26(6)34(14-16-48(69)56-22-44(65)52(71)54(73)46(67)24-63)42(58-36)20-40-32(12-4)31(11-3)39(59-40)19-41-33(25(5)35(57-41)17-37(29)60-49)13-15-47(68)55-21-43(64)51(70)53(72)45(66)23-62/h17-20,43-46,51-54,57,59-60,62-67,70-73H,9-16,21-24H2,1-8H3,(H,55,68)(H,56,69). The largest absolute Gasteiger partial charge is 0.394 e. The fourth-order valence-electron chi connectivity index (χ4n) is 10.0. The average Bonchev–Trinajstić information content (AvgIpc) is 4.14. The topological polar surface area (TPSA) is 334 Å². The Bertz CT molecular complexity index is 2930. The summed E-state index contributed by atoms with van der Waals surface area (Å²) in [6.07, 6.45) is -10.5. The Kier molecular flexibility index (Phi) is 19.1. The van der Waals surface area contributed by atoms with Crippen molar-refractivity contribution in [3.63, 3.8) is 0 Å². The number of hydrogen-bond acceptors (Lipinski definition) is 14. The van der Waals surface area contributed by atoms with Gasteiger partial charge in [0.2, 0.25) is 11.8 Å². The highest BCUT2D eigenvalue weighted by Crippen LogP contribution is 2.39. The molecule has 10 bridgehead atoms. The number of fused-ring (bicyclic) bond motifs is 11. The first kappa shape index (κ1) is 56.7. The molecular formula is C54H75N7O12. The van der Waals surface area contributed by atoms with E-state index in [0.717, 1.165) is 107 Å². The van der Waals surface area contributed by atoms with Crippen molar-refractivity contribution in [2.24, 2.45) is 0 Å². The summed E-state index contributed by atoms with van der Waals surface area (Å²) in [6.45, 7) is 14.1. The van der Waals surface area contributed by atoms with E-state index in [0.29, 0.717) is 30.7 Å². The summed E-state index contributed by atoms with van der Waals surface area (Å²) in [5.74, 6) is -0.854. The third kappa shape index (κ3) is 12.2. The first-order chi connectivity index (χ1) is 34.7. The Morgan fingerprint density at radius 1 is 0.493 bits per heavy atom. The van der Waals surface area contributed by atoms with Gasteiger partial charge in [0.25, 0.3) is 0 Å². The van der Waals surface area contributed by atoms with Gasteiger partial charge in [-0.25, -0.2) is 9.97 Å². The summed E-state index contributed by atoms with van der Waals surface area (Å²) in [5.41, 5.74) is 17.9. The van der Waals surface area contributed by atoms with Crippen LogP contribution in [0.1, 0.15) is 123 Å². The second-order valence-electron chi connectivity index (χ2n) is 19.1. The van der Waals surface area contributed by atoms with Crippen LogP contribution < -0.4 is 10.6 Å². The molecule has 0 radical (unpaired) electrons. The molecule has 15 N–H and O–H groups in total. The van der Waals surface area contributed by atoms with Crippen LogP contribution in [0, 0.1) is 13.8 Å². The highest BCUT2D eigenvalue weighted by Gasteiger charge is 2.32. The number of nitrogens with zero attached hydrogens (tertiary/aromatic N) is 2. The summed E-state index contributed by atoms with van der Waals surface area (Å²) in [4.78, 5) is 48.3. The number of aryl methyl sites for hydroxylation is 6. The van der Waals surface area contributed by atoms with Crippen LogP contribution in [-0.4, -0.2) is 163 Å². The molecule has 2 amide bonds. The van der Waals surface area contributed by atoms with Gasteiger partial charge in [-0.05, 0) is 146 Å². The average molecular weight is 1010 g/mol. The number of aliphatic hydroxyl groups excluding tert-OH is 10. The normalized spacial score (nSPS) is 16.3. The van der Waals surface area contributed by atoms with Crippen molar-refractivity contribution in [1.82, 2.24) is 35.6 Å². The van der Waals surface area contributed by atoms with Gasteiger partial charge >= 0.3 is 0 Å².